The number of carbonyl (C=O) groups excluding carboxylic acids is 2. The second-order valence-electron chi connectivity index (χ2n) is 6.45. The highest BCUT2D eigenvalue weighted by Crippen LogP contribution is 2.26. The molecule has 1 fully saturated rings. The van der Waals surface area contributed by atoms with Crippen LogP contribution in [0.5, 0.6) is 5.75 Å². The van der Waals surface area contributed by atoms with Crippen molar-refractivity contribution in [3.05, 3.63) is 41.5 Å². The molecule has 1 heterocycles. The SMILES string of the molecule is O=C(c1ccc(O)cc1)C1CCN(C(=O)C2=CCCCC2)CC1. The van der Waals surface area contributed by atoms with Gasteiger partial charge < -0.3 is 10.0 Å². The number of Topliss-reactive ketones (excluding diaryl/α,β-unsaturated/α-hetero) is 1. The fraction of sp³-hybridized carbons (Fsp3) is 0.474. The van der Waals surface area contributed by atoms with Crippen molar-refractivity contribution in [3.63, 3.8) is 0 Å². The van der Waals surface area contributed by atoms with Crippen molar-refractivity contribution in [2.45, 2.75) is 38.5 Å². The summed E-state index contributed by atoms with van der Waals surface area (Å²) in [5.74, 6) is 0.431. The van der Waals surface area contributed by atoms with Crippen molar-refractivity contribution in [2.75, 3.05) is 13.1 Å². The molecule has 1 N–H and O–H groups in total. The molecule has 4 heteroatoms. The number of ketones is 1. The monoisotopic (exact) mass is 313 g/mol. The van der Waals surface area contributed by atoms with E-state index in [0.29, 0.717) is 18.7 Å². The quantitative estimate of drug-likeness (QED) is 0.871. The second-order valence-corrected chi connectivity index (χ2v) is 6.45. The van der Waals surface area contributed by atoms with Gasteiger partial charge in [-0.2, -0.15) is 0 Å². The number of phenolic OH excluding ortho intramolecular Hbond substituents is 1. The van der Waals surface area contributed by atoms with Gasteiger partial charge in [-0.3, -0.25) is 9.59 Å². The van der Waals surface area contributed by atoms with Gasteiger partial charge in [0.2, 0.25) is 5.91 Å². The molecular weight excluding hydrogens is 290 g/mol. The first-order valence-electron chi connectivity index (χ1n) is 8.46. The normalized spacial score (nSPS) is 19.3. The van der Waals surface area contributed by atoms with Crippen molar-refractivity contribution < 1.29 is 14.7 Å². The number of likely N-dealkylation sites (tertiary alicyclic amines) is 1. The van der Waals surface area contributed by atoms with Gasteiger partial charge in [0.15, 0.2) is 5.78 Å². The van der Waals surface area contributed by atoms with Crippen LogP contribution >= 0.6 is 0 Å². The van der Waals surface area contributed by atoms with E-state index < -0.39 is 0 Å². The molecule has 1 aliphatic heterocycles. The van der Waals surface area contributed by atoms with Crippen LogP contribution in [0.2, 0.25) is 0 Å². The summed E-state index contributed by atoms with van der Waals surface area (Å²) >= 11 is 0. The average Bonchev–Trinajstić information content (AvgIpc) is 2.62. The van der Waals surface area contributed by atoms with Gasteiger partial charge in [-0.25, -0.2) is 0 Å². The Labute approximate surface area is 136 Å². The number of allylic oxidation sites excluding steroid dienone is 1. The van der Waals surface area contributed by atoms with Gasteiger partial charge >= 0.3 is 0 Å². The number of piperidine rings is 1. The molecular formula is C19H23NO3. The Hall–Kier alpha value is -2.10. The van der Waals surface area contributed by atoms with E-state index in [4.69, 9.17) is 0 Å². The molecule has 2 aliphatic rings. The second kappa shape index (κ2) is 6.99. The van der Waals surface area contributed by atoms with Gasteiger partial charge in [-0.1, -0.05) is 6.08 Å². The number of hydrogen-bond donors (Lipinski definition) is 1. The molecule has 0 atom stereocenters. The van der Waals surface area contributed by atoms with Crippen LogP contribution in [-0.4, -0.2) is 34.8 Å². The molecule has 0 saturated carbocycles. The number of hydrogen-bond acceptors (Lipinski definition) is 3. The van der Waals surface area contributed by atoms with Gasteiger partial charge in [-0.05, 0) is 62.8 Å². The minimum absolute atomic E-state index is 0.0241. The Morgan fingerprint density at radius 3 is 2.35 bits per heavy atom. The highest BCUT2D eigenvalue weighted by Gasteiger charge is 2.29. The molecule has 122 valence electrons. The smallest absolute Gasteiger partial charge is 0.249 e. The lowest BCUT2D eigenvalue weighted by molar-refractivity contribution is -0.128. The Kier molecular flexibility index (Phi) is 4.79. The number of rotatable bonds is 3. The van der Waals surface area contributed by atoms with Gasteiger partial charge in [0.25, 0.3) is 0 Å². The maximum Gasteiger partial charge on any atom is 0.249 e. The number of benzene rings is 1. The van der Waals surface area contributed by atoms with Gasteiger partial charge in [0.05, 0.1) is 0 Å². The topological polar surface area (TPSA) is 57.6 Å². The summed E-state index contributed by atoms with van der Waals surface area (Å²) in [7, 11) is 0. The van der Waals surface area contributed by atoms with Crippen LogP contribution in [-0.2, 0) is 4.79 Å². The van der Waals surface area contributed by atoms with Crippen LogP contribution in [0.25, 0.3) is 0 Å². The first kappa shape index (κ1) is 15.8. The van der Waals surface area contributed by atoms with Gasteiger partial charge in [0.1, 0.15) is 5.75 Å². The first-order valence-corrected chi connectivity index (χ1v) is 8.46. The van der Waals surface area contributed by atoms with Crippen molar-refractivity contribution in [2.24, 2.45) is 5.92 Å². The molecule has 23 heavy (non-hydrogen) atoms. The summed E-state index contributed by atoms with van der Waals surface area (Å²) in [6.07, 6.45) is 7.71. The molecule has 0 bridgehead atoms. The number of aromatic hydroxyl groups is 1. The summed E-state index contributed by atoms with van der Waals surface area (Å²) in [6.45, 7) is 1.31. The zero-order valence-corrected chi connectivity index (χ0v) is 13.3. The van der Waals surface area contributed by atoms with E-state index in [-0.39, 0.29) is 23.4 Å². The van der Waals surface area contributed by atoms with Crippen LogP contribution < -0.4 is 0 Å². The molecule has 0 aromatic heterocycles. The molecule has 0 unspecified atom stereocenters. The third-order valence-electron chi connectivity index (χ3n) is 4.87. The molecule has 0 spiro atoms. The van der Waals surface area contributed by atoms with Gasteiger partial charge in [0, 0.05) is 30.1 Å². The van der Waals surface area contributed by atoms with Crippen molar-refractivity contribution in [1.82, 2.24) is 4.90 Å². The Morgan fingerprint density at radius 1 is 1.04 bits per heavy atom. The van der Waals surface area contributed by atoms with E-state index in [1.54, 1.807) is 24.3 Å². The summed E-state index contributed by atoms with van der Waals surface area (Å²) in [4.78, 5) is 26.9. The summed E-state index contributed by atoms with van der Waals surface area (Å²) in [5, 5.41) is 9.31. The van der Waals surface area contributed by atoms with Crippen LogP contribution in [0.3, 0.4) is 0 Å². The Morgan fingerprint density at radius 2 is 1.74 bits per heavy atom. The van der Waals surface area contributed by atoms with E-state index in [2.05, 4.69) is 6.08 Å². The summed E-state index contributed by atoms with van der Waals surface area (Å²) in [5.41, 5.74) is 1.60. The van der Waals surface area contributed by atoms with Crippen LogP contribution in [0, 0.1) is 5.92 Å². The van der Waals surface area contributed by atoms with Crippen LogP contribution in [0.4, 0.5) is 0 Å². The minimum atomic E-state index is -0.0241. The third kappa shape index (κ3) is 3.63. The van der Waals surface area contributed by atoms with E-state index in [0.717, 1.165) is 37.7 Å². The molecule has 1 saturated heterocycles. The molecule has 1 aromatic rings. The Balaban J connectivity index is 1.57. The molecule has 1 aliphatic carbocycles. The number of amides is 1. The largest absolute Gasteiger partial charge is 0.508 e. The standard InChI is InChI=1S/C19H23NO3/c21-17-8-6-14(7-9-17)18(22)15-10-12-20(13-11-15)19(23)16-4-2-1-3-5-16/h4,6-9,15,21H,1-3,5,10-13H2. The first-order chi connectivity index (χ1) is 11.1. The number of nitrogens with zero attached hydrogens (tertiary/aromatic N) is 1. The van der Waals surface area contributed by atoms with Crippen LogP contribution in [0.15, 0.2) is 35.9 Å². The molecule has 3 rings (SSSR count). The fourth-order valence-electron chi connectivity index (χ4n) is 3.44. The zero-order chi connectivity index (χ0) is 16.2. The average molecular weight is 313 g/mol. The number of phenols is 1. The fourth-order valence-corrected chi connectivity index (χ4v) is 3.44. The Bertz CT molecular complexity index is 610. The zero-order valence-electron chi connectivity index (χ0n) is 13.3. The lowest BCUT2D eigenvalue weighted by atomic mass is 9.88. The lowest BCUT2D eigenvalue weighted by Gasteiger charge is -2.32. The van der Waals surface area contributed by atoms with Crippen LogP contribution in [0.1, 0.15) is 48.9 Å². The van der Waals surface area contributed by atoms with E-state index in [9.17, 15) is 14.7 Å². The van der Waals surface area contributed by atoms with Crippen molar-refractivity contribution >= 4 is 11.7 Å². The minimum Gasteiger partial charge on any atom is -0.508 e. The molecule has 1 amide bonds. The third-order valence-corrected chi connectivity index (χ3v) is 4.87. The van der Waals surface area contributed by atoms with E-state index in [1.807, 2.05) is 4.90 Å². The molecule has 0 radical (unpaired) electrons. The highest BCUT2D eigenvalue weighted by atomic mass is 16.3. The van der Waals surface area contributed by atoms with Crippen molar-refractivity contribution in [1.29, 1.82) is 0 Å². The predicted molar refractivity (Wildman–Crippen MR) is 88.3 cm³/mol. The molecule has 4 nitrogen and oxygen atoms in total. The van der Waals surface area contributed by atoms with Crippen molar-refractivity contribution in [3.8, 4) is 5.75 Å². The maximum atomic E-state index is 12.5. The highest BCUT2D eigenvalue weighted by molar-refractivity contribution is 5.98. The summed E-state index contributed by atoms with van der Waals surface area (Å²) in [6, 6.07) is 6.42. The summed E-state index contributed by atoms with van der Waals surface area (Å²) < 4.78 is 0. The lowest BCUT2D eigenvalue weighted by Crippen LogP contribution is -2.41. The van der Waals surface area contributed by atoms with E-state index in [1.165, 1.54) is 6.42 Å². The maximum absolute atomic E-state index is 12.5. The van der Waals surface area contributed by atoms with Gasteiger partial charge in [-0.15, -0.1) is 0 Å². The number of carbonyl (C=O) groups is 2. The van der Waals surface area contributed by atoms with E-state index >= 15 is 0 Å². The predicted octanol–water partition coefficient (Wildman–Crippen LogP) is 3.31. The molecule has 1 aromatic carbocycles.